The Morgan fingerprint density at radius 1 is 1.15 bits per heavy atom. The summed E-state index contributed by atoms with van der Waals surface area (Å²) in [6.45, 7) is 3.37. The summed E-state index contributed by atoms with van der Waals surface area (Å²) in [6, 6.07) is 14.6. The molecule has 0 saturated carbocycles. The van der Waals surface area contributed by atoms with Gasteiger partial charge >= 0.3 is 5.97 Å². The van der Waals surface area contributed by atoms with E-state index in [0.717, 1.165) is 5.56 Å². The van der Waals surface area contributed by atoms with Crippen molar-refractivity contribution in [1.29, 1.82) is 0 Å². The molecule has 0 bridgehead atoms. The van der Waals surface area contributed by atoms with Gasteiger partial charge in [-0.2, -0.15) is 0 Å². The molecule has 1 aliphatic rings. The van der Waals surface area contributed by atoms with Crippen LogP contribution in [0.2, 0.25) is 0 Å². The largest absolute Gasteiger partial charge is 0.482 e. The third-order valence-electron chi connectivity index (χ3n) is 3.70. The van der Waals surface area contributed by atoms with Crippen LogP contribution in [0.1, 0.15) is 15.9 Å². The van der Waals surface area contributed by atoms with Gasteiger partial charge in [0, 0.05) is 6.07 Å². The van der Waals surface area contributed by atoms with Gasteiger partial charge in [0.2, 0.25) is 5.78 Å². The van der Waals surface area contributed by atoms with Crippen LogP contribution in [-0.4, -0.2) is 25.0 Å². The van der Waals surface area contributed by atoms with Gasteiger partial charge in [0.1, 0.15) is 18.1 Å². The highest BCUT2D eigenvalue weighted by molar-refractivity contribution is 6.12. The number of rotatable bonds is 7. The van der Waals surface area contributed by atoms with Crippen LogP contribution in [0.3, 0.4) is 0 Å². The molecule has 3 rings (SSSR count). The maximum Gasteiger partial charge on any atom is 0.344 e. The van der Waals surface area contributed by atoms with Gasteiger partial charge in [0.05, 0.1) is 5.56 Å². The minimum atomic E-state index is -0.501. The number of fused-ring (bicyclic) bond motifs is 1. The first kappa shape index (κ1) is 18.2. The van der Waals surface area contributed by atoms with Gasteiger partial charge in [0.25, 0.3) is 0 Å². The van der Waals surface area contributed by atoms with Gasteiger partial charge < -0.3 is 14.2 Å². The van der Waals surface area contributed by atoms with E-state index in [1.807, 2.05) is 36.4 Å². The summed E-state index contributed by atoms with van der Waals surface area (Å²) in [5, 5.41) is 0. The zero-order chi connectivity index (χ0) is 19.1. The number of esters is 1. The van der Waals surface area contributed by atoms with Crippen molar-refractivity contribution in [3.05, 3.63) is 90.2 Å². The number of carbonyl (C=O) groups is 2. The Labute approximate surface area is 157 Å². The van der Waals surface area contributed by atoms with Crippen LogP contribution in [0.4, 0.5) is 0 Å². The van der Waals surface area contributed by atoms with Crippen molar-refractivity contribution in [1.82, 2.24) is 0 Å². The standard InChI is InChI=1S/C22H18O5/c1-2-13-25-21(23)15-26-17-11-12-18-20(14-17)27-19(22(18)24)10-6-9-16-7-4-3-5-8-16/h2-12,14H,1,13,15H2/b9-6+,19-10+. The van der Waals surface area contributed by atoms with E-state index in [1.54, 1.807) is 30.4 Å². The maximum atomic E-state index is 12.4. The molecule has 0 unspecified atom stereocenters. The lowest BCUT2D eigenvalue weighted by molar-refractivity contribution is -0.144. The molecule has 5 heteroatoms. The Hall–Kier alpha value is -3.60. The lowest BCUT2D eigenvalue weighted by atomic mass is 10.1. The van der Waals surface area contributed by atoms with Gasteiger partial charge in [-0.05, 0) is 23.8 Å². The van der Waals surface area contributed by atoms with Crippen LogP contribution < -0.4 is 9.47 Å². The first-order chi connectivity index (χ1) is 13.2. The van der Waals surface area contributed by atoms with Crippen LogP contribution in [0, 0.1) is 0 Å². The van der Waals surface area contributed by atoms with Crippen molar-refractivity contribution in [2.45, 2.75) is 0 Å². The number of allylic oxidation sites excluding steroid dienone is 3. The van der Waals surface area contributed by atoms with Gasteiger partial charge in [0.15, 0.2) is 12.4 Å². The highest BCUT2D eigenvalue weighted by atomic mass is 16.6. The van der Waals surface area contributed by atoms with E-state index in [2.05, 4.69) is 6.58 Å². The Balaban J connectivity index is 1.64. The summed E-state index contributed by atoms with van der Waals surface area (Å²) in [6.07, 6.45) is 6.76. The summed E-state index contributed by atoms with van der Waals surface area (Å²) in [5.41, 5.74) is 1.48. The maximum absolute atomic E-state index is 12.4. The topological polar surface area (TPSA) is 61.8 Å². The number of carbonyl (C=O) groups excluding carboxylic acids is 2. The van der Waals surface area contributed by atoms with Crippen LogP contribution in [0.25, 0.3) is 6.08 Å². The van der Waals surface area contributed by atoms with E-state index in [9.17, 15) is 9.59 Å². The fourth-order valence-electron chi connectivity index (χ4n) is 2.42. The van der Waals surface area contributed by atoms with Crippen LogP contribution in [0.15, 0.2) is 79.1 Å². The van der Waals surface area contributed by atoms with Crippen LogP contribution in [0.5, 0.6) is 11.5 Å². The summed E-state index contributed by atoms with van der Waals surface area (Å²) in [5.74, 6) is 0.355. The first-order valence-corrected chi connectivity index (χ1v) is 8.36. The van der Waals surface area contributed by atoms with E-state index in [4.69, 9.17) is 14.2 Å². The molecule has 27 heavy (non-hydrogen) atoms. The number of hydrogen-bond donors (Lipinski definition) is 0. The molecule has 0 aliphatic carbocycles. The highest BCUT2D eigenvalue weighted by Gasteiger charge is 2.27. The van der Waals surface area contributed by atoms with Crippen LogP contribution >= 0.6 is 0 Å². The van der Waals surface area contributed by atoms with E-state index in [0.29, 0.717) is 17.1 Å². The number of benzene rings is 2. The number of Topliss-reactive ketones (excluding diaryl/α,β-unsaturated/α-hetero) is 1. The third kappa shape index (κ3) is 4.73. The normalized spacial score (nSPS) is 14.1. The molecule has 1 aliphatic heterocycles. The molecule has 0 N–H and O–H groups in total. The van der Waals surface area contributed by atoms with Gasteiger partial charge in [-0.15, -0.1) is 0 Å². The van der Waals surface area contributed by atoms with Crippen molar-refractivity contribution in [2.75, 3.05) is 13.2 Å². The third-order valence-corrected chi connectivity index (χ3v) is 3.70. The lowest BCUT2D eigenvalue weighted by Crippen LogP contribution is -2.14. The molecule has 1 heterocycles. The average Bonchev–Trinajstić information content (AvgIpc) is 3.00. The SMILES string of the molecule is C=CCOC(=O)COc1ccc2c(c1)O/C(=C/C=C/c1ccccc1)C2=O. The molecule has 136 valence electrons. The smallest absolute Gasteiger partial charge is 0.344 e. The summed E-state index contributed by atoms with van der Waals surface area (Å²) < 4.78 is 15.8. The lowest BCUT2D eigenvalue weighted by Gasteiger charge is -2.06. The molecular weight excluding hydrogens is 344 g/mol. The second-order valence-electron chi connectivity index (χ2n) is 5.65. The monoisotopic (exact) mass is 362 g/mol. The quantitative estimate of drug-likeness (QED) is 0.424. The van der Waals surface area contributed by atoms with Gasteiger partial charge in [-0.1, -0.05) is 55.1 Å². The number of hydrogen-bond acceptors (Lipinski definition) is 5. The summed E-state index contributed by atoms with van der Waals surface area (Å²) in [4.78, 5) is 23.8. The zero-order valence-electron chi connectivity index (χ0n) is 14.6. The molecule has 0 aromatic heterocycles. The molecule has 0 atom stereocenters. The molecule has 0 amide bonds. The molecule has 2 aromatic carbocycles. The van der Waals surface area contributed by atoms with Crippen LogP contribution in [-0.2, 0) is 9.53 Å². The summed E-state index contributed by atoms with van der Waals surface area (Å²) >= 11 is 0. The van der Waals surface area contributed by atoms with E-state index in [1.165, 1.54) is 6.08 Å². The fourth-order valence-corrected chi connectivity index (χ4v) is 2.42. The van der Waals surface area contributed by atoms with Crippen molar-refractivity contribution in [3.63, 3.8) is 0 Å². The van der Waals surface area contributed by atoms with E-state index < -0.39 is 5.97 Å². The minimum Gasteiger partial charge on any atom is -0.482 e. The first-order valence-electron chi connectivity index (χ1n) is 8.36. The fraction of sp³-hybridized carbons (Fsp3) is 0.0909. The minimum absolute atomic E-state index is 0.134. The molecule has 0 radical (unpaired) electrons. The molecular formula is C22H18O5. The van der Waals surface area contributed by atoms with Crippen molar-refractivity contribution in [3.8, 4) is 11.5 Å². The van der Waals surface area contributed by atoms with E-state index >= 15 is 0 Å². The Morgan fingerprint density at radius 2 is 1.96 bits per heavy atom. The average molecular weight is 362 g/mol. The zero-order valence-corrected chi connectivity index (χ0v) is 14.6. The van der Waals surface area contributed by atoms with E-state index in [-0.39, 0.29) is 24.8 Å². The Morgan fingerprint density at radius 3 is 2.74 bits per heavy atom. The predicted octanol–water partition coefficient (Wildman–Crippen LogP) is 3.97. The Bertz CT molecular complexity index is 910. The van der Waals surface area contributed by atoms with Gasteiger partial charge in [-0.25, -0.2) is 4.79 Å². The molecule has 5 nitrogen and oxygen atoms in total. The van der Waals surface area contributed by atoms with Crippen molar-refractivity contribution >= 4 is 17.8 Å². The number of ketones is 1. The van der Waals surface area contributed by atoms with Crippen molar-refractivity contribution < 1.29 is 23.8 Å². The predicted molar refractivity (Wildman–Crippen MR) is 102 cm³/mol. The molecule has 0 fully saturated rings. The van der Waals surface area contributed by atoms with Gasteiger partial charge in [-0.3, -0.25) is 4.79 Å². The van der Waals surface area contributed by atoms with Crippen molar-refractivity contribution in [2.24, 2.45) is 0 Å². The Kier molecular flexibility index (Phi) is 5.84. The highest BCUT2D eigenvalue weighted by Crippen LogP contribution is 2.34. The second-order valence-corrected chi connectivity index (χ2v) is 5.65. The number of ether oxygens (including phenoxy) is 3. The summed E-state index contributed by atoms with van der Waals surface area (Å²) in [7, 11) is 0. The molecule has 2 aromatic rings. The second kappa shape index (κ2) is 8.67. The molecule has 0 saturated heterocycles. The molecule has 0 spiro atoms.